The highest BCUT2D eigenvalue weighted by atomic mass is 79.9. The van der Waals surface area contributed by atoms with Crippen molar-refractivity contribution < 1.29 is 14.3 Å². The number of ether oxygens (including phenoxy) is 1. The number of esters is 1. The van der Waals surface area contributed by atoms with Crippen LogP contribution in [0.5, 0.6) is 0 Å². The SMILES string of the molecule is CC1=C(C(=O)OC2CCCC2)C(c2cccc(Br)c2)NC(=O)N1. The van der Waals surface area contributed by atoms with Gasteiger partial charge in [0.05, 0.1) is 11.6 Å². The highest BCUT2D eigenvalue weighted by molar-refractivity contribution is 9.10. The van der Waals surface area contributed by atoms with Gasteiger partial charge in [-0.3, -0.25) is 0 Å². The standard InChI is InChI=1S/C17H19BrN2O3/c1-10-14(16(21)23-13-7-2-3-8-13)15(20-17(22)19-10)11-5-4-6-12(18)9-11/h4-6,9,13,15H,2-3,7-8H2,1H3,(H2,19,20,22). The van der Waals surface area contributed by atoms with E-state index in [1.54, 1.807) is 6.92 Å². The van der Waals surface area contributed by atoms with E-state index in [1.807, 2.05) is 24.3 Å². The van der Waals surface area contributed by atoms with E-state index in [9.17, 15) is 9.59 Å². The molecule has 1 heterocycles. The third kappa shape index (κ3) is 3.58. The van der Waals surface area contributed by atoms with Gasteiger partial charge in [0.1, 0.15) is 6.10 Å². The first-order valence-corrected chi connectivity index (χ1v) is 8.58. The second-order valence-corrected chi connectivity index (χ2v) is 6.85. The summed E-state index contributed by atoms with van der Waals surface area (Å²) in [5, 5.41) is 5.48. The molecule has 6 heteroatoms. The molecule has 23 heavy (non-hydrogen) atoms. The first kappa shape index (κ1) is 16.1. The van der Waals surface area contributed by atoms with Crippen LogP contribution < -0.4 is 10.6 Å². The summed E-state index contributed by atoms with van der Waals surface area (Å²) >= 11 is 3.43. The summed E-state index contributed by atoms with van der Waals surface area (Å²) in [6, 6.07) is 6.74. The van der Waals surface area contributed by atoms with Gasteiger partial charge in [-0.25, -0.2) is 9.59 Å². The zero-order chi connectivity index (χ0) is 16.4. The van der Waals surface area contributed by atoms with E-state index in [4.69, 9.17) is 4.74 Å². The van der Waals surface area contributed by atoms with Crippen molar-refractivity contribution in [2.75, 3.05) is 0 Å². The third-order valence-electron chi connectivity index (χ3n) is 4.25. The van der Waals surface area contributed by atoms with Gasteiger partial charge in [-0.1, -0.05) is 28.1 Å². The Bertz CT molecular complexity index is 666. The average molecular weight is 379 g/mol. The van der Waals surface area contributed by atoms with Crippen LogP contribution in [-0.4, -0.2) is 18.1 Å². The van der Waals surface area contributed by atoms with Gasteiger partial charge in [0.2, 0.25) is 0 Å². The van der Waals surface area contributed by atoms with Crippen LogP contribution in [0.3, 0.4) is 0 Å². The van der Waals surface area contributed by atoms with Crippen LogP contribution in [0.1, 0.15) is 44.2 Å². The number of hydrogen-bond donors (Lipinski definition) is 2. The minimum Gasteiger partial charge on any atom is -0.459 e. The lowest BCUT2D eigenvalue weighted by Crippen LogP contribution is -2.45. The number of allylic oxidation sites excluding steroid dienone is 1. The maximum Gasteiger partial charge on any atom is 0.338 e. The molecular formula is C17H19BrN2O3. The topological polar surface area (TPSA) is 67.4 Å². The number of nitrogens with one attached hydrogen (secondary N) is 2. The fourth-order valence-electron chi connectivity index (χ4n) is 3.12. The summed E-state index contributed by atoms with van der Waals surface area (Å²) in [5.74, 6) is -0.355. The van der Waals surface area contributed by atoms with Crippen molar-refractivity contribution in [3.63, 3.8) is 0 Å². The highest BCUT2D eigenvalue weighted by Gasteiger charge is 2.33. The van der Waals surface area contributed by atoms with E-state index in [2.05, 4.69) is 26.6 Å². The van der Waals surface area contributed by atoms with Gasteiger partial charge in [-0.15, -0.1) is 0 Å². The summed E-state index contributed by atoms with van der Waals surface area (Å²) in [5.41, 5.74) is 1.85. The van der Waals surface area contributed by atoms with Gasteiger partial charge in [-0.2, -0.15) is 0 Å². The van der Waals surface area contributed by atoms with Crippen LogP contribution in [0.15, 0.2) is 40.0 Å². The Morgan fingerprint density at radius 2 is 2.04 bits per heavy atom. The van der Waals surface area contributed by atoms with E-state index < -0.39 is 6.04 Å². The van der Waals surface area contributed by atoms with Crippen molar-refractivity contribution in [2.24, 2.45) is 0 Å². The molecule has 0 bridgehead atoms. The average Bonchev–Trinajstić information content (AvgIpc) is 2.99. The number of hydrogen-bond acceptors (Lipinski definition) is 3. The molecule has 5 nitrogen and oxygen atoms in total. The first-order chi connectivity index (χ1) is 11.0. The van der Waals surface area contributed by atoms with Gasteiger partial charge >= 0.3 is 12.0 Å². The quantitative estimate of drug-likeness (QED) is 0.790. The maximum atomic E-state index is 12.7. The Morgan fingerprint density at radius 1 is 1.30 bits per heavy atom. The maximum absolute atomic E-state index is 12.7. The lowest BCUT2D eigenvalue weighted by atomic mass is 9.95. The number of halogens is 1. The lowest BCUT2D eigenvalue weighted by Gasteiger charge is -2.29. The molecular weight excluding hydrogens is 360 g/mol. The summed E-state index contributed by atoms with van der Waals surface area (Å²) in [4.78, 5) is 24.5. The first-order valence-electron chi connectivity index (χ1n) is 7.79. The van der Waals surface area contributed by atoms with Crippen molar-refractivity contribution in [3.05, 3.63) is 45.6 Å². The second kappa shape index (κ2) is 6.74. The van der Waals surface area contributed by atoms with Crippen LogP contribution in [0.4, 0.5) is 4.79 Å². The zero-order valence-electron chi connectivity index (χ0n) is 12.9. The Labute approximate surface area is 143 Å². The van der Waals surface area contributed by atoms with Crippen LogP contribution in [0.2, 0.25) is 0 Å². The summed E-state index contributed by atoms with van der Waals surface area (Å²) in [6.07, 6.45) is 4.02. The van der Waals surface area contributed by atoms with E-state index >= 15 is 0 Å². The predicted octanol–water partition coefficient (Wildman–Crippen LogP) is 3.56. The molecule has 0 spiro atoms. The molecule has 1 fully saturated rings. The number of rotatable bonds is 3. The Kier molecular flexibility index (Phi) is 4.71. The molecule has 2 amide bonds. The molecule has 0 saturated heterocycles. The number of carbonyl (C=O) groups excluding carboxylic acids is 2. The van der Waals surface area contributed by atoms with Crippen molar-refractivity contribution in [3.8, 4) is 0 Å². The van der Waals surface area contributed by atoms with E-state index in [-0.39, 0.29) is 18.1 Å². The summed E-state index contributed by atoms with van der Waals surface area (Å²) in [6.45, 7) is 1.73. The second-order valence-electron chi connectivity index (χ2n) is 5.94. The monoisotopic (exact) mass is 378 g/mol. The predicted molar refractivity (Wildman–Crippen MR) is 89.6 cm³/mol. The highest BCUT2D eigenvalue weighted by Crippen LogP contribution is 2.31. The molecule has 1 atom stereocenters. The van der Waals surface area contributed by atoms with Crippen LogP contribution >= 0.6 is 15.9 Å². The largest absolute Gasteiger partial charge is 0.459 e. The van der Waals surface area contributed by atoms with Crippen LogP contribution in [-0.2, 0) is 9.53 Å². The van der Waals surface area contributed by atoms with Crippen LogP contribution in [0.25, 0.3) is 0 Å². The van der Waals surface area contributed by atoms with E-state index in [0.29, 0.717) is 11.3 Å². The van der Waals surface area contributed by atoms with Gasteiger partial charge < -0.3 is 15.4 Å². The normalized spacial score (nSPS) is 21.8. The summed E-state index contributed by atoms with van der Waals surface area (Å²) < 4.78 is 6.53. The molecule has 3 rings (SSSR count). The smallest absolute Gasteiger partial charge is 0.338 e. The van der Waals surface area contributed by atoms with Crippen molar-refractivity contribution in [2.45, 2.75) is 44.8 Å². The summed E-state index contributed by atoms with van der Waals surface area (Å²) in [7, 11) is 0. The van der Waals surface area contributed by atoms with Gasteiger partial charge in [0.15, 0.2) is 0 Å². The fraction of sp³-hybridized carbons (Fsp3) is 0.412. The van der Waals surface area contributed by atoms with Gasteiger partial charge in [0, 0.05) is 10.2 Å². The minimum atomic E-state index is -0.504. The van der Waals surface area contributed by atoms with Gasteiger partial charge in [-0.05, 0) is 50.3 Å². The number of amides is 2. The molecule has 1 aliphatic carbocycles. The fourth-order valence-corrected chi connectivity index (χ4v) is 3.54. The molecule has 122 valence electrons. The van der Waals surface area contributed by atoms with Crippen molar-refractivity contribution in [1.29, 1.82) is 0 Å². The molecule has 0 radical (unpaired) electrons. The van der Waals surface area contributed by atoms with Crippen molar-refractivity contribution >= 4 is 27.9 Å². The molecule has 0 aromatic heterocycles. The molecule has 1 aromatic rings. The van der Waals surface area contributed by atoms with Crippen molar-refractivity contribution in [1.82, 2.24) is 10.6 Å². The zero-order valence-corrected chi connectivity index (χ0v) is 14.5. The van der Waals surface area contributed by atoms with Gasteiger partial charge in [0.25, 0.3) is 0 Å². The number of benzene rings is 1. The number of carbonyl (C=O) groups is 2. The van der Waals surface area contributed by atoms with Crippen LogP contribution in [0, 0.1) is 0 Å². The Morgan fingerprint density at radius 3 is 2.74 bits per heavy atom. The third-order valence-corrected chi connectivity index (χ3v) is 4.74. The van der Waals surface area contributed by atoms with E-state index in [0.717, 1.165) is 35.7 Å². The Hall–Kier alpha value is -1.82. The molecule has 1 unspecified atom stereocenters. The molecule has 1 aliphatic heterocycles. The molecule has 1 saturated carbocycles. The number of urea groups is 1. The molecule has 2 aliphatic rings. The molecule has 2 N–H and O–H groups in total. The Balaban J connectivity index is 1.90. The molecule has 1 aromatic carbocycles. The van der Waals surface area contributed by atoms with E-state index in [1.165, 1.54) is 0 Å². The lowest BCUT2D eigenvalue weighted by molar-refractivity contribution is -0.144. The minimum absolute atomic E-state index is 0.0106.